The zero-order valence-electron chi connectivity index (χ0n) is 14.9. The molecular weight excluding hydrogens is 316 g/mol. The van der Waals surface area contributed by atoms with Gasteiger partial charge < -0.3 is 9.84 Å². The molecule has 0 bridgehead atoms. The average molecular weight is 338 g/mol. The predicted molar refractivity (Wildman–Crippen MR) is 94.5 cm³/mol. The van der Waals surface area contributed by atoms with Crippen LogP contribution in [-0.2, 0) is 11.2 Å². The van der Waals surface area contributed by atoms with Gasteiger partial charge in [0, 0.05) is 11.8 Å². The molecule has 6 nitrogen and oxygen atoms in total. The average Bonchev–Trinajstić information content (AvgIpc) is 3.12. The van der Waals surface area contributed by atoms with Crippen LogP contribution < -0.4 is 5.32 Å². The Hall–Kier alpha value is -2.89. The van der Waals surface area contributed by atoms with Crippen molar-refractivity contribution in [1.82, 2.24) is 20.3 Å². The second-order valence-corrected chi connectivity index (χ2v) is 6.33. The van der Waals surface area contributed by atoms with Crippen LogP contribution in [-0.4, -0.2) is 20.8 Å². The lowest BCUT2D eigenvalue weighted by atomic mass is 10.1. The minimum atomic E-state index is -0.0880. The summed E-state index contributed by atoms with van der Waals surface area (Å²) < 4.78 is 6.90. The fourth-order valence-corrected chi connectivity index (χ4v) is 2.84. The summed E-state index contributed by atoms with van der Waals surface area (Å²) in [5.41, 5.74) is 4.77. The first-order chi connectivity index (χ1) is 11.9. The molecule has 2 aromatic heterocycles. The first-order valence-electron chi connectivity index (χ1n) is 8.27. The van der Waals surface area contributed by atoms with E-state index in [1.165, 1.54) is 0 Å². The van der Waals surface area contributed by atoms with E-state index in [1.54, 1.807) is 13.0 Å². The van der Waals surface area contributed by atoms with Gasteiger partial charge in [-0.3, -0.25) is 4.79 Å². The van der Waals surface area contributed by atoms with E-state index in [0.29, 0.717) is 11.5 Å². The van der Waals surface area contributed by atoms with Crippen LogP contribution in [0.25, 0.3) is 5.69 Å². The summed E-state index contributed by atoms with van der Waals surface area (Å²) in [6, 6.07) is 11.8. The molecule has 0 aliphatic carbocycles. The van der Waals surface area contributed by atoms with Crippen molar-refractivity contribution in [2.24, 2.45) is 0 Å². The maximum Gasteiger partial charge on any atom is 0.226 e. The van der Waals surface area contributed by atoms with Crippen LogP contribution in [0.1, 0.15) is 41.4 Å². The highest BCUT2D eigenvalue weighted by atomic mass is 16.5. The lowest BCUT2D eigenvalue weighted by molar-refractivity contribution is -0.121. The van der Waals surface area contributed by atoms with Crippen LogP contribution in [0.3, 0.4) is 0 Å². The van der Waals surface area contributed by atoms with E-state index in [-0.39, 0.29) is 18.4 Å². The summed E-state index contributed by atoms with van der Waals surface area (Å²) in [6.07, 6.45) is 0.214. The minimum absolute atomic E-state index is 0.0802. The lowest BCUT2D eigenvalue weighted by Gasteiger charge is -2.15. The van der Waals surface area contributed by atoms with Gasteiger partial charge in [-0.05, 0) is 51.5 Å². The summed E-state index contributed by atoms with van der Waals surface area (Å²) in [5.74, 6) is 0.624. The molecule has 0 radical (unpaired) electrons. The molecule has 130 valence electrons. The topological polar surface area (TPSA) is 73.0 Å². The summed E-state index contributed by atoms with van der Waals surface area (Å²) in [5, 5.41) is 11.3. The van der Waals surface area contributed by atoms with Crippen molar-refractivity contribution in [1.29, 1.82) is 0 Å². The Balaban J connectivity index is 1.65. The molecule has 1 N–H and O–H groups in total. The Morgan fingerprint density at radius 3 is 2.48 bits per heavy atom. The summed E-state index contributed by atoms with van der Waals surface area (Å²) in [4.78, 5) is 12.1. The van der Waals surface area contributed by atoms with Crippen LogP contribution in [0.15, 0.2) is 40.9 Å². The molecule has 1 unspecified atom stereocenters. The quantitative estimate of drug-likeness (QED) is 0.775. The van der Waals surface area contributed by atoms with Crippen molar-refractivity contribution in [2.45, 2.75) is 40.2 Å². The number of nitrogens with zero attached hydrogens (tertiary/aromatic N) is 3. The van der Waals surface area contributed by atoms with Crippen LogP contribution in [0, 0.1) is 20.8 Å². The van der Waals surface area contributed by atoms with Gasteiger partial charge in [-0.2, -0.15) is 5.10 Å². The normalized spacial score (nSPS) is 12.2. The molecule has 6 heteroatoms. The fourth-order valence-electron chi connectivity index (χ4n) is 2.84. The molecule has 0 aliphatic rings. The summed E-state index contributed by atoms with van der Waals surface area (Å²) >= 11 is 0. The summed E-state index contributed by atoms with van der Waals surface area (Å²) in [7, 11) is 0. The van der Waals surface area contributed by atoms with Crippen molar-refractivity contribution in [2.75, 3.05) is 0 Å². The van der Waals surface area contributed by atoms with Gasteiger partial charge in [-0.1, -0.05) is 17.3 Å². The van der Waals surface area contributed by atoms with Gasteiger partial charge in [0.15, 0.2) is 0 Å². The molecule has 0 saturated carbocycles. The number of aromatic nitrogens is 3. The molecule has 25 heavy (non-hydrogen) atoms. The van der Waals surface area contributed by atoms with Gasteiger partial charge in [-0.15, -0.1) is 0 Å². The molecule has 3 aromatic rings. The highest BCUT2D eigenvalue weighted by Crippen LogP contribution is 2.17. The zero-order chi connectivity index (χ0) is 18.0. The third-order valence-electron chi connectivity index (χ3n) is 4.04. The highest BCUT2D eigenvalue weighted by Gasteiger charge is 2.13. The van der Waals surface area contributed by atoms with Crippen LogP contribution in [0.4, 0.5) is 0 Å². The van der Waals surface area contributed by atoms with E-state index in [9.17, 15) is 4.79 Å². The van der Waals surface area contributed by atoms with Gasteiger partial charge >= 0.3 is 0 Å². The van der Waals surface area contributed by atoms with Gasteiger partial charge in [0.25, 0.3) is 0 Å². The first-order valence-corrected chi connectivity index (χ1v) is 8.27. The smallest absolute Gasteiger partial charge is 0.226 e. The predicted octanol–water partition coefficient (Wildman–Crippen LogP) is 3.21. The molecule has 1 aromatic carbocycles. The number of benzene rings is 1. The Bertz CT molecular complexity index is 877. The maximum absolute atomic E-state index is 12.1. The van der Waals surface area contributed by atoms with E-state index in [0.717, 1.165) is 22.6 Å². The molecule has 0 aliphatic heterocycles. The van der Waals surface area contributed by atoms with E-state index in [4.69, 9.17) is 4.52 Å². The second-order valence-electron chi connectivity index (χ2n) is 6.33. The minimum Gasteiger partial charge on any atom is -0.361 e. The van der Waals surface area contributed by atoms with Crippen molar-refractivity contribution < 1.29 is 9.32 Å². The van der Waals surface area contributed by atoms with Crippen LogP contribution >= 0.6 is 0 Å². The fraction of sp³-hybridized carbons (Fsp3) is 0.316. The Morgan fingerprint density at radius 1 is 1.20 bits per heavy atom. The van der Waals surface area contributed by atoms with Crippen LogP contribution in [0.2, 0.25) is 0 Å². The highest BCUT2D eigenvalue weighted by molar-refractivity contribution is 5.78. The largest absolute Gasteiger partial charge is 0.361 e. The van der Waals surface area contributed by atoms with Crippen molar-refractivity contribution in [3.8, 4) is 5.69 Å². The third kappa shape index (κ3) is 3.96. The third-order valence-corrected chi connectivity index (χ3v) is 4.04. The van der Waals surface area contributed by atoms with Crippen LogP contribution in [0.5, 0.6) is 0 Å². The number of carbonyl (C=O) groups excluding carboxylic acids is 1. The molecule has 1 atom stereocenters. The van der Waals surface area contributed by atoms with E-state index >= 15 is 0 Å². The number of amides is 1. The molecular formula is C19H22N4O2. The molecule has 0 saturated heterocycles. The first kappa shape index (κ1) is 17.0. The Kier molecular flexibility index (Phi) is 4.70. The van der Waals surface area contributed by atoms with Crippen molar-refractivity contribution in [3.05, 3.63) is 64.8 Å². The zero-order valence-corrected chi connectivity index (χ0v) is 14.9. The number of carbonyl (C=O) groups is 1. The van der Waals surface area contributed by atoms with E-state index in [2.05, 4.69) is 15.6 Å². The second kappa shape index (κ2) is 6.93. The molecule has 3 rings (SSSR count). The number of aryl methyl sites for hydroxylation is 3. The van der Waals surface area contributed by atoms with Gasteiger partial charge in [-0.25, -0.2) is 4.68 Å². The van der Waals surface area contributed by atoms with Gasteiger partial charge in [0.2, 0.25) is 5.91 Å². The van der Waals surface area contributed by atoms with Crippen molar-refractivity contribution in [3.63, 3.8) is 0 Å². The monoisotopic (exact) mass is 338 g/mol. The summed E-state index contributed by atoms with van der Waals surface area (Å²) in [6.45, 7) is 7.78. The SMILES string of the molecule is Cc1cc(C)n(-c2ccc(C(C)NC(=O)Cc3cc(C)on3)cc2)n1. The number of nitrogens with one attached hydrogen (secondary N) is 1. The molecule has 0 spiro atoms. The standard InChI is InChI=1S/C19H22N4O2/c1-12-9-13(2)23(21-12)18-7-5-16(6-8-18)15(4)20-19(24)11-17-10-14(3)25-22-17/h5-10,15H,11H2,1-4H3,(H,20,24). The Morgan fingerprint density at radius 2 is 1.92 bits per heavy atom. The molecule has 2 heterocycles. The Labute approximate surface area is 146 Å². The van der Waals surface area contributed by atoms with Gasteiger partial charge in [0.1, 0.15) is 5.76 Å². The van der Waals surface area contributed by atoms with Gasteiger partial charge in [0.05, 0.1) is 29.5 Å². The van der Waals surface area contributed by atoms with Crippen molar-refractivity contribution >= 4 is 5.91 Å². The molecule has 1 amide bonds. The molecule has 0 fully saturated rings. The van der Waals surface area contributed by atoms with E-state index < -0.39 is 0 Å². The number of hydrogen-bond donors (Lipinski definition) is 1. The number of rotatable bonds is 5. The number of hydrogen-bond acceptors (Lipinski definition) is 4. The lowest BCUT2D eigenvalue weighted by Crippen LogP contribution is -2.28. The maximum atomic E-state index is 12.1. The van der Waals surface area contributed by atoms with E-state index in [1.807, 2.05) is 55.8 Å².